The fourth-order valence-corrected chi connectivity index (χ4v) is 4.57. The molecular formula is C31H48NO3+. The third kappa shape index (κ3) is 11.3. The van der Waals surface area contributed by atoms with E-state index >= 15 is 0 Å². The Hall–Kier alpha value is -2.33. The summed E-state index contributed by atoms with van der Waals surface area (Å²) < 4.78 is 12.1. The first kappa shape index (κ1) is 28.9. The molecule has 0 aromatic heterocycles. The van der Waals surface area contributed by atoms with Crippen molar-refractivity contribution in [2.75, 3.05) is 27.3 Å². The first-order chi connectivity index (χ1) is 17.0. The molecule has 2 rings (SSSR count). The monoisotopic (exact) mass is 482 g/mol. The molecule has 2 aromatic carbocycles. The van der Waals surface area contributed by atoms with Gasteiger partial charge in [-0.3, -0.25) is 0 Å². The number of quaternary nitrogens is 1. The molecule has 0 saturated heterocycles. The Morgan fingerprint density at radius 1 is 0.771 bits per heavy atom. The highest BCUT2D eigenvalue weighted by molar-refractivity contribution is 5.74. The van der Waals surface area contributed by atoms with Crippen molar-refractivity contribution >= 4 is 5.97 Å². The molecule has 0 amide bonds. The lowest BCUT2D eigenvalue weighted by Crippen LogP contribution is -2.52. The molecule has 0 heterocycles. The Bertz CT molecular complexity index is 817. The van der Waals surface area contributed by atoms with E-state index in [1.165, 1.54) is 49.7 Å². The summed E-state index contributed by atoms with van der Waals surface area (Å²) in [5, 5.41) is 0. The number of nitrogens with zero attached hydrogens (tertiary/aromatic N) is 1. The number of rotatable bonds is 18. The summed E-state index contributed by atoms with van der Waals surface area (Å²) in [5.74, 6) is 0.777. The van der Waals surface area contributed by atoms with Gasteiger partial charge in [0.25, 0.3) is 0 Å². The molecule has 0 aliphatic heterocycles. The summed E-state index contributed by atoms with van der Waals surface area (Å²) in [6, 6.07) is 18.6. The number of carbonyl (C=O) groups is 1. The van der Waals surface area contributed by atoms with E-state index in [1.54, 1.807) is 0 Å². The van der Waals surface area contributed by atoms with Crippen LogP contribution in [0.3, 0.4) is 0 Å². The molecular weight excluding hydrogens is 434 g/mol. The molecule has 4 heteroatoms. The molecule has 35 heavy (non-hydrogen) atoms. The Balaban J connectivity index is 1.68. The number of esters is 1. The molecule has 0 spiro atoms. The van der Waals surface area contributed by atoms with E-state index in [2.05, 4.69) is 64.3 Å². The summed E-state index contributed by atoms with van der Waals surface area (Å²) in [4.78, 5) is 12.9. The molecule has 0 radical (unpaired) electrons. The molecule has 1 atom stereocenters. The summed E-state index contributed by atoms with van der Waals surface area (Å²) >= 11 is 0. The van der Waals surface area contributed by atoms with Gasteiger partial charge in [0.1, 0.15) is 12.3 Å². The van der Waals surface area contributed by atoms with Crippen molar-refractivity contribution in [2.45, 2.75) is 90.6 Å². The Morgan fingerprint density at radius 2 is 1.46 bits per heavy atom. The predicted molar refractivity (Wildman–Crippen MR) is 146 cm³/mol. The standard InChI is InChI=1S/C31H48NO3/c1-5-7-8-9-10-12-17-27-20-22-29(23-21-27)34-24-15-25-35-31(33)30(16-6-2)32(3,4)26-28-18-13-11-14-19-28/h11,13-14,18-23,30H,5-10,12,15-17,24-26H2,1-4H3/q+1. The molecule has 0 bridgehead atoms. The quantitative estimate of drug-likeness (QED) is 0.127. The number of ether oxygens (including phenoxy) is 2. The Kier molecular flexibility index (Phi) is 13.5. The van der Waals surface area contributed by atoms with Gasteiger partial charge in [-0.1, -0.05) is 88.4 Å². The number of benzene rings is 2. The van der Waals surface area contributed by atoms with Gasteiger partial charge in [-0.25, -0.2) is 4.79 Å². The van der Waals surface area contributed by atoms with Gasteiger partial charge in [0.15, 0.2) is 6.04 Å². The number of hydrogen-bond donors (Lipinski definition) is 0. The zero-order chi connectivity index (χ0) is 25.4. The molecule has 0 aliphatic rings. The van der Waals surface area contributed by atoms with Gasteiger partial charge < -0.3 is 14.0 Å². The van der Waals surface area contributed by atoms with Crippen LogP contribution < -0.4 is 4.74 Å². The van der Waals surface area contributed by atoms with Gasteiger partial charge in [0.2, 0.25) is 0 Å². The molecule has 0 aliphatic carbocycles. The lowest BCUT2D eigenvalue weighted by atomic mass is 10.0. The van der Waals surface area contributed by atoms with Gasteiger partial charge >= 0.3 is 5.97 Å². The van der Waals surface area contributed by atoms with Crippen LogP contribution in [0.5, 0.6) is 5.75 Å². The highest BCUT2D eigenvalue weighted by atomic mass is 16.5. The van der Waals surface area contributed by atoms with Gasteiger partial charge in [-0.05, 0) is 37.0 Å². The Morgan fingerprint density at radius 3 is 2.14 bits per heavy atom. The van der Waals surface area contributed by atoms with Gasteiger partial charge in [-0.15, -0.1) is 0 Å². The number of unbranched alkanes of at least 4 members (excludes halogenated alkanes) is 5. The smallest absolute Gasteiger partial charge is 0.364 e. The van der Waals surface area contributed by atoms with Crippen molar-refractivity contribution in [2.24, 2.45) is 0 Å². The van der Waals surface area contributed by atoms with Crippen molar-refractivity contribution in [1.82, 2.24) is 0 Å². The molecule has 0 N–H and O–H groups in total. The molecule has 0 saturated carbocycles. The first-order valence-electron chi connectivity index (χ1n) is 13.7. The van der Waals surface area contributed by atoms with E-state index in [4.69, 9.17) is 9.47 Å². The summed E-state index contributed by atoms with van der Waals surface area (Å²) in [5.41, 5.74) is 2.61. The maximum Gasteiger partial charge on any atom is 0.364 e. The van der Waals surface area contributed by atoms with Crippen molar-refractivity contribution in [1.29, 1.82) is 0 Å². The maximum absolute atomic E-state index is 12.9. The van der Waals surface area contributed by atoms with Crippen LogP contribution in [0.25, 0.3) is 0 Å². The van der Waals surface area contributed by atoms with E-state index in [-0.39, 0.29) is 12.0 Å². The third-order valence-corrected chi connectivity index (χ3v) is 6.65. The number of carbonyl (C=O) groups excluding carboxylic acids is 1. The number of likely N-dealkylation sites (N-methyl/N-ethyl adjacent to an activating group) is 1. The zero-order valence-corrected chi connectivity index (χ0v) is 22.6. The third-order valence-electron chi connectivity index (χ3n) is 6.65. The summed E-state index contributed by atoms with van der Waals surface area (Å²) in [7, 11) is 4.24. The molecule has 0 fully saturated rings. The highest BCUT2D eigenvalue weighted by Crippen LogP contribution is 2.20. The normalized spacial score (nSPS) is 12.3. The fraction of sp³-hybridized carbons (Fsp3) is 0.581. The van der Waals surface area contributed by atoms with Crippen molar-refractivity contribution in [3.8, 4) is 5.75 Å². The van der Waals surface area contributed by atoms with Gasteiger partial charge in [0, 0.05) is 18.4 Å². The van der Waals surface area contributed by atoms with E-state index in [1.807, 2.05) is 18.2 Å². The van der Waals surface area contributed by atoms with Crippen molar-refractivity contribution < 1.29 is 18.8 Å². The zero-order valence-electron chi connectivity index (χ0n) is 22.6. The van der Waals surface area contributed by atoms with Crippen molar-refractivity contribution in [3.63, 3.8) is 0 Å². The van der Waals surface area contributed by atoms with Gasteiger partial charge in [0.05, 0.1) is 27.3 Å². The SMILES string of the molecule is CCCCCCCCc1ccc(OCCCOC(=O)C(CCC)[N+](C)(C)Cc2ccccc2)cc1. The summed E-state index contributed by atoms with van der Waals surface area (Å²) in [6.07, 6.45) is 11.6. The second kappa shape index (κ2) is 16.4. The van der Waals surface area contributed by atoms with Crippen molar-refractivity contribution in [3.05, 3.63) is 65.7 Å². The van der Waals surface area contributed by atoms with Crippen LogP contribution in [-0.4, -0.2) is 43.8 Å². The predicted octanol–water partition coefficient (Wildman–Crippen LogP) is 7.35. The molecule has 4 nitrogen and oxygen atoms in total. The minimum absolute atomic E-state index is 0.105. The Labute approximate surface area is 214 Å². The largest absolute Gasteiger partial charge is 0.493 e. The minimum Gasteiger partial charge on any atom is -0.493 e. The summed E-state index contributed by atoms with van der Waals surface area (Å²) in [6.45, 7) is 6.12. The second-order valence-corrected chi connectivity index (χ2v) is 10.3. The van der Waals surface area contributed by atoms with Gasteiger partial charge in [-0.2, -0.15) is 0 Å². The number of hydrogen-bond acceptors (Lipinski definition) is 3. The highest BCUT2D eigenvalue weighted by Gasteiger charge is 2.35. The molecule has 1 unspecified atom stereocenters. The van der Waals surface area contributed by atoms with E-state index < -0.39 is 0 Å². The average Bonchev–Trinajstić information content (AvgIpc) is 2.85. The molecule has 2 aromatic rings. The maximum atomic E-state index is 12.9. The van der Waals surface area contributed by atoms with Crippen LogP contribution in [0.15, 0.2) is 54.6 Å². The van der Waals surface area contributed by atoms with E-state index in [0.717, 1.165) is 31.6 Å². The number of aryl methyl sites for hydroxylation is 1. The average molecular weight is 483 g/mol. The van der Waals surface area contributed by atoms with E-state index in [9.17, 15) is 4.79 Å². The van der Waals surface area contributed by atoms with Crippen LogP contribution in [0.2, 0.25) is 0 Å². The van der Waals surface area contributed by atoms with Crippen LogP contribution >= 0.6 is 0 Å². The van der Waals surface area contributed by atoms with Crippen LogP contribution in [0.4, 0.5) is 0 Å². The fourth-order valence-electron chi connectivity index (χ4n) is 4.57. The van der Waals surface area contributed by atoms with E-state index in [0.29, 0.717) is 24.1 Å². The lowest BCUT2D eigenvalue weighted by molar-refractivity contribution is -0.920. The minimum atomic E-state index is -0.166. The van der Waals surface area contributed by atoms with Crippen LogP contribution in [0.1, 0.15) is 82.8 Å². The molecule has 194 valence electrons. The topological polar surface area (TPSA) is 35.5 Å². The first-order valence-corrected chi connectivity index (χ1v) is 13.7. The second-order valence-electron chi connectivity index (χ2n) is 10.3. The van der Waals surface area contributed by atoms with Crippen LogP contribution in [-0.2, 0) is 22.5 Å². The van der Waals surface area contributed by atoms with Crippen LogP contribution in [0, 0.1) is 0 Å². The lowest BCUT2D eigenvalue weighted by Gasteiger charge is -2.36.